The molecule has 0 bridgehead atoms. The predicted octanol–water partition coefficient (Wildman–Crippen LogP) is 4.21. The number of nitrogens with one attached hydrogen (secondary N) is 3. The van der Waals surface area contributed by atoms with E-state index in [2.05, 4.69) is 49.8 Å². The molecule has 3 aromatic rings. The number of para-hydroxylation sites is 1. The van der Waals surface area contributed by atoms with Gasteiger partial charge in [-0.15, -0.1) is 0 Å². The molecule has 1 aliphatic rings. The third-order valence-corrected chi connectivity index (χ3v) is 6.32. The number of halogens is 1. The van der Waals surface area contributed by atoms with Gasteiger partial charge < -0.3 is 25.8 Å². The zero-order chi connectivity index (χ0) is 24.9. The molecule has 1 fully saturated rings. The molecule has 184 valence electrons. The lowest BCUT2D eigenvalue weighted by Gasteiger charge is -2.21. The second-order valence-corrected chi connectivity index (χ2v) is 9.11. The van der Waals surface area contributed by atoms with Crippen LogP contribution in [-0.4, -0.2) is 65.5 Å². The van der Waals surface area contributed by atoms with Crippen molar-refractivity contribution in [3.8, 4) is 0 Å². The van der Waals surface area contributed by atoms with Crippen LogP contribution in [0.15, 0.2) is 42.6 Å². The first-order chi connectivity index (χ1) is 16.9. The summed E-state index contributed by atoms with van der Waals surface area (Å²) >= 11 is 6.36. The quantitative estimate of drug-likeness (QED) is 0.428. The average Bonchev–Trinajstić information content (AvgIpc) is 3.34. The summed E-state index contributed by atoms with van der Waals surface area (Å²) in [6, 6.07) is 11.8. The van der Waals surface area contributed by atoms with E-state index in [1.165, 1.54) is 6.20 Å². The van der Waals surface area contributed by atoms with Crippen LogP contribution in [0, 0.1) is 6.92 Å². The molecule has 3 N–H and O–H groups in total. The second-order valence-electron chi connectivity index (χ2n) is 8.70. The smallest absolute Gasteiger partial charge is 0.253 e. The van der Waals surface area contributed by atoms with Crippen molar-refractivity contribution in [3.05, 3.63) is 58.9 Å². The summed E-state index contributed by atoms with van der Waals surface area (Å²) in [7, 11) is 4.24. The van der Waals surface area contributed by atoms with Crippen molar-refractivity contribution >= 4 is 46.5 Å². The van der Waals surface area contributed by atoms with E-state index in [0.717, 1.165) is 36.7 Å². The van der Waals surface area contributed by atoms with E-state index in [1.807, 2.05) is 44.2 Å². The van der Waals surface area contributed by atoms with Gasteiger partial charge in [0, 0.05) is 25.7 Å². The van der Waals surface area contributed by atoms with E-state index in [0.29, 0.717) is 40.6 Å². The van der Waals surface area contributed by atoms with Gasteiger partial charge in [0.25, 0.3) is 5.91 Å². The maximum absolute atomic E-state index is 12.4. The number of hydrogen-bond donors (Lipinski definition) is 3. The molecule has 1 aromatic carbocycles. The minimum absolute atomic E-state index is 0.171. The lowest BCUT2D eigenvalue weighted by atomic mass is 10.1. The van der Waals surface area contributed by atoms with Crippen molar-refractivity contribution < 1.29 is 4.79 Å². The van der Waals surface area contributed by atoms with Gasteiger partial charge in [-0.3, -0.25) is 4.79 Å². The molecule has 35 heavy (non-hydrogen) atoms. The first kappa shape index (κ1) is 24.7. The Balaban J connectivity index is 1.51. The maximum Gasteiger partial charge on any atom is 0.253 e. The average molecular weight is 495 g/mol. The number of rotatable bonds is 8. The molecule has 2 aromatic heterocycles. The fourth-order valence-corrected chi connectivity index (χ4v) is 4.17. The maximum atomic E-state index is 12.4. The number of likely N-dealkylation sites (N-methyl/N-ethyl adjacent to an activating group) is 1. The van der Waals surface area contributed by atoms with E-state index in [4.69, 9.17) is 16.6 Å². The zero-order valence-electron chi connectivity index (χ0n) is 20.5. The Morgan fingerprint density at radius 1 is 1.14 bits per heavy atom. The van der Waals surface area contributed by atoms with Gasteiger partial charge in [-0.05, 0) is 58.6 Å². The highest BCUT2D eigenvalue weighted by Gasteiger charge is 2.25. The second kappa shape index (κ2) is 10.9. The minimum Gasteiger partial charge on any atom is -0.355 e. The summed E-state index contributed by atoms with van der Waals surface area (Å²) in [5, 5.41) is 9.57. The van der Waals surface area contributed by atoms with Crippen molar-refractivity contribution in [2.45, 2.75) is 26.3 Å². The van der Waals surface area contributed by atoms with Gasteiger partial charge in [0.05, 0.1) is 28.8 Å². The van der Waals surface area contributed by atoms with E-state index < -0.39 is 0 Å². The van der Waals surface area contributed by atoms with Crippen LogP contribution in [0.1, 0.15) is 29.4 Å². The van der Waals surface area contributed by atoms with E-state index in [1.54, 1.807) is 6.07 Å². The monoisotopic (exact) mass is 494 g/mol. The largest absolute Gasteiger partial charge is 0.355 e. The first-order valence-electron chi connectivity index (χ1n) is 11.7. The van der Waals surface area contributed by atoms with Gasteiger partial charge in [0.15, 0.2) is 5.82 Å². The molecule has 3 heterocycles. The number of aromatic nitrogens is 3. The van der Waals surface area contributed by atoms with E-state index in [-0.39, 0.29) is 5.91 Å². The van der Waals surface area contributed by atoms with Crippen molar-refractivity contribution in [1.82, 2.24) is 25.2 Å². The topological polar surface area (TPSA) is 98.3 Å². The van der Waals surface area contributed by atoms with Crippen LogP contribution in [0.5, 0.6) is 0 Å². The van der Waals surface area contributed by atoms with Gasteiger partial charge in [0.1, 0.15) is 10.8 Å². The van der Waals surface area contributed by atoms with E-state index in [9.17, 15) is 4.79 Å². The SMILES string of the molecule is CCNC(=O)c1ccccc1Nc1nc(Nc2ccc(N3CC[C@@H](N(C)C)C3)nc2C)ncc1Cl. The Bertz CT molecular complexity index is 1200. The number of amides is 1. The number of hydrogen-bond acceptors (Lipinski definition) is 8. The molecule has 1 atom stereocenters. The number of pyridine rings is 1. The van der Waals surface area contributed by atoms with Crippen LogP contribution in [0.25, 0.3) is 0 Å². The molecule has 0 aliphatic carbocycles. The highest BCUT2D eigenvalue weighted by Crippen LogP contribution is 2.28. The van der Waals surface area contributed by atoms with Crippen molar-refractivity contribution in [2.75, 3.05) is 49.3 Å². The Kier molecular flexibility index (Phi) is 7.67. The molecule has 10 heteroatoms. The molecule has 0 unspecified atom stereocenters. The molecule has 0 radical (unpaired) electrons. The summed E-state index contributed by atoms with van der Waals surface area (Å²) in [4.78, 5) is 30.7. The molecule has 1 aliphatic heterocycles. The zero-order valence-corrected chi connectivity index (χ0v) is 21.2. The fraction of sp³-hybridized carbons (Fsp3) is 0.360. The van der Waals surface area contributed by atoms with Crippen LogP contribution >= 0.6 is 11.6 Å². The Morgan fingerprint density at radius 3 is 2.66 bits per heavy atom. The van der Waals surface area contributed by atoms with Gasteiger partial charge in [-0.25, -0.2) is 9.97 Å². The van der Waals surface area contributed by atoms with Crippen LogP contribution in [0.4, 0.5) is 29.0 Å². The third kappa shape index (κ3) is 5.80. The lowest BCUT2D eigenvalue weighted by Crippen LogP contribution is -2.31. The Labute approximate surface area is 210 Å². The van der Waals surface area contributed by atoms with Gasteiger partial charge >= 0.3 is 0 Å². The molecule has 1 saturated heterocycles. The summed E-state index contributed by atoms with van der Waals surface area (Å²) < 4.78 is 0. The highest BCUT2D eigenvalue weighted by atomic mass is 35.5. The van der Waals surface area contributed by atoms with E-state index >= 15 is 0 Å². The predicted molar refractivity (Wildman–Crippen MR) is 141 cm³/mol. The molecule has 9 nitrogen and oxygen atoms in total. The number of aryl methyl sites for hydroxylation is 1. The molecule has 4 rings (SSSR count). The number of carbonyl (C=O) groups is 1. The van der Waals surface area contributed by atoms with Crippen LogP contribution in [0.2, 0.25) is 5.02 Å². The normalized spacial score (nSPS) is 15.4. The number of carbonyl (C=O) groups excluding carboxylic acids is 1. The molecular weight excluding hydrogens is 464 g/mol. The summed E-state index contributed by atoms with van der Waals surface area (Å²) in [6.45, 7) is 6.34. The van der Waals surface area contributed by atoms with Gasteiger partial charge in [0.2, 0.25) is 5.95 Å². The van der Waals surface area contributed by atoms with Crippen molar-refractivity contribution in [1.29, 1.82) is 0 Å². The third-order valence-electron chi connectivity index (χ3n) is 6.04. The lowest BCUT2D eigenvalue weighted by molar-refractivity contribution is 0.0956. The summed E-state index contributed by atoms with van der Waals surface area (Å²) in [6.07, 6.45) is 2.65. The van der Waals surface area contributed by atoms with Crippen LogP contribution in [-0.2, 0) is 0 Å². The number of nitrogens with zero attached hydrogens (tertiary/aromatic N) is 5. The highest BCUT2D eigenvalue weighted by molar-refractivity contribution is 6.33. The number of benzene rings is 1. The summed E-state index contributed by atoms with van der Waals surface area (Å²) in [5.41, 5.74) is 2.78. The molecule has 0 saturated carbocycles. The number of anilines is 5. The minimum atomic E-state index is -0.171. The first-order valence-corrected chi connectivity index (χ1v) is 12.1. The van der Waals surface area contributed by atoms with Crippen LogP contribution < -0.4 is 20.9 Å². The molecule has 1 amide bonds. The van der Waals surface area contributed by atoms with Gasteiger partial charge in [-0.1, -0.05) is 23.7 Å². The van der Waals surface area contributed by atoms with Crippen molar-refractivity contribution in [2.24, 2.45) is 0 Å². The Hall–Kier alpha value is -3.43. The Morgan fingerprint density at radius 2 is 1.94 bits per heavy atom. The van der Waals surface area contributed by atoms with Crippen LogP contribution in [0.3, 0.4) is 0 Å². The summed E-state index contributed by atoms with van der Waals surface area (Å²) in [5.74, 6) is 1.57. The standard InChI is InChI=1S/C25H31ClN8O/c1-5-27-24(35)18-8-6-7-9-21(18)30-23-19(26)14-28-25(32-23)31-20-10-11-22(29-16(20)2)34-13-12-17(15-34)33(3)4/h6-11,14,17H,5,12-13,15H2,1-4H3,(H,27,35)(H2,28,30,31,32)/t17-/m1/s1. The molecule has 0 spiro atoms. The fourth-order valence-electron chi connectivity index (χ4n) is 4.04. The molecular formula is C25H31ClN8O. The van der Waals surface area contributed by atoms with Crippen molar-refractivity contribution in [3.63, 3.8) is 0 Å². The van der Waals surface area contributed by atoms with Gasteiger partial charge in [-0.2, -0.15) is 4.98 Å².